The Labute approximate surface area is 106 Å². The summed E-state index contributed by atoms with van der Waals surface area (Å²) >= 11 is 0. The lowest BCUT2D eigenvalue weighted by molar-refractivity contribution is -0.384. The molecular formula is C13H17NO4. The molecule has 0 heterocycles. The average Bonchev–Trinajstić information content (AvgIpc) is 2.29. The Morgan fingerprint density at radius 1 is 1.50 bits per heavy atom. The number of nitro benzene ring substituents is 1. The summed E-state index contributed by atoms with van der Waals surface area (Å²) < 4.78 is 0. The highest BCUT2D eigenvalue weighted by atomic mass is 16.6. The van der Waals surface area contributed by atoms with E-state index in [9.17, 15) is 20.0 Å². The number of non-ortho nitro benzene ring substituents is 1. The predicted octanol–water partition coefficient (Wildman–Crippen LogP) is 3.20. The van der Waals surface area contributed by atoms with E-state index in [0.717, 1.165) is 12.8 Å². The van der Waals surface area contributed by atoms with Gasteiger partial charge in [-0.1, -0.05) is 32.4 Å². The van der Waals surface area contributed by atoms with Crippen molar-refractivity contribution in [3.05, 3.63) is 39.9 Å². The monoisotopic (exact) mass is 251 g/mol. The van der Waals surface area contributed by atoms with Crippen LogP contribution < -0.4 is 0 Å². The molecule has 2 atom stereocenters. The largest absolute Gasteiger partial charge is 0.481 e. The van der Waals surface area contributed by atoms with Crippen molar-refractivity contribution in [1.29, 1.82) is 0 Å². The fourth-order valence-electron chi connectivity index (χ4n) is 2.17. The van der Waals surface area contributed by atoms with Crippen molar-refractivity contribution < 1.29 is 14.8 Å². The van der Waals surface area contributed by atoms with Gasteiger partial charge in [0.25, 0.3) is 5.69 Å². The van der Waals surface area contributed by atoms with Gasteiger partial charge < -0.3 is 5.11 Å². The highest BCUT2D eigenvalue weighted by molar-refractivity contribution is 5.76. The van der Waals surface area contributed by atoms with E-state index in [1.165, 1.54) is 18.2 Å². The Bertz CT molecular complexity index is 444. The number of carbonyl (C=O) groups is 1. The highest BCUT2D eigenvalue weighted by Crippen LogP contribution is 2.30. The van der Waals surface area contributed by atoms with Crippen molar-refractivity contribution >= 4 is 11.7 Å². The maximum absolute atomic E-state index is 11.3. The summed E-state index contributed by atoms with van der Waals surface area (Å²) in [5.41, 5.74) is 0.431. The zero-order chi connectivity index (χ0) is 13.7. The predicted molar refractivity (Wildman–Crippen MR) is 67.5 cm³/mol. The van der Waals surface area contributed by atoms with Gasteiger partial charge >= 0.3 is 5.97 Å². The van der Waals surface area contributed by atoms with E-state index < -0.39 is 16.8 Å². The Morgan fingerprint density at radius 2 is 2.17 bits per heavy atom. The van der Waals surface area contributed by atoms with Crippen LogP contribution in [0.15, 0.2) is 24.3 Å². The summed E-state index contributed by atoms with van der Waals surface area (Å²) in [6.07, 6.45) is 1.67. The minimum atomic E-state index is -0.934. The molecule has 5 heteroatoms. The van der Waals surface area contributed by atoms with Crippen molar-refractivity contribution in [2.75, 3.05) is 0 Å². The summed E-state index contributed by atoms with van der Waals surface area (Å²) in [6.45, 7) is 3.85. The third-order valence-electron chi connectivity index (χ3n) is 3.02. The van der Waals surface area contributed by atoms with Crippen LogP contribution in [0.1, 0.15) is 38.2 Å². The molecule has 0 aromatic heterocycles. The van der Waals surface area contributed by atoms with Crippen LogP contribution >= 0.6 is 0 Å². The molecule has 1 rings (SSSR count). The number of benzene rings is 1. The van der Waals surface area contributed by atoms with Gasteiger partial charge in [-0.25, -0.2) is 0 Å². The van der Waals surface area contributed by atoms with Crippen LogP contribution in [0.2, 0.25) is 0 Å². The van der Waals surface area contributed by atoms with Gasteiger partial charge in [0.1, 0.15) is 0 Å². The molecule has 1 aromatic rings. The highest BCUT2D eigenvalue weighted by Gasteiger charge is 2.27. The van der Waals surface area contributed by atoms with Crippen molar-refractivity contribution in [2.45, 2.75) is 32.6 Å². The van der Waals surface area contributed by atoms with Gasteiger partial charge in [0.2, 0.25) is 0 Å². The molecule has 18 heavy (non-hydrogen) atoms. The molecule has 0 amide bonds. The summed E-state index contributed by atoms with van der Waals surface area (Å²) in [4.78, 5) is 21.5. The summed E-state index contributed by atoms with van der Waals surface area (Å²) in [6, 6.07) is 5.89. The molecule has 98 valence electrons. The zero-order valence-electron chi connectivity index (χ0n) is 10.5. The normalized spacial score (nSPS) is 13.9. The minimum absolute atomic E-state index is 0.0468. The number of nitrogens with zero attached hydrogens (tertiary/aromatic N) is 1. The number of nitro groups is 1. The van der Waals surface area contributed by atoms with Gasteiger partial charge in [-0.15, -0.1) is 0 Å². The molecule has 5 nitrogen and oxygen atoms in total. The fourth-order valence-corrected chi connectivity index (χ4v) is 2.17. The van der Waals surface area contributed by atoms with Crippen molar-refractivity contribution in [2.24, 2.45) is 5.92 Å². The molecule has 0 fully saturated rings. The number of rotatable bonds is 6. The molecule has 0 saturated carbocycles. The van der Waals surface area contributed by atoms with Crippen LogP contribution in [-0.2, 0) is 4.79 Å². The first-order valence-corrected chi connectivity index (χ1v) is 5.94. The number of carboxylic acid groups (broad SMARTS) is 1. The standard InChI is InChI=1S/C13H17NO4/c1-3-5-9(2)12(13(15)16)10-6-4-7-11(8-10)14(17)18/h4,6-9,12H,3,5H2,1-2H3,(H,15,16). The van der Waals surface area contributed by atoms with Crippen LogP contribution in [0.25, 0.3) is 0 Å². The zero-order valence-corrected chi connectivity index (χ0v) is 10.5. The van der Waals surface area contributed by atoms with Crippen molar-refractivity contribution in [3.8, 4) is 0 Å². The fraction of sp³-hybridized carbons (Fsp3) is 0.462. The van der Waals surface area contributed by atoms with Gasteiger partial charge in [0.15, 0.2) is 0 Å². The van der Waals surface area contributed by atoms with Crippen LogP contribution in [0.4, 0.5) is 5.69 Å². The molecule has 0 spiro atoms. The molecule has 0 aliphatic carbocycles. The van der Waals surface area contributed by atoms with E-state index in [0.29, 0.717) is 5.56 Å². The SMILES string of the molecule is CCCC(C)C(C(=O)O)c1cccc([N+](=O)[O-])c1. The number of hydrogen-bond donors (Lipinski definition) is 1. The van der Waals surface area contributed by atoms with E-state index in [1.807, 2.05) is 13.8 Å². The van der Waals surface area contributed by atoms with Crippen LogP contribution in [0.5, 0.6) is 0 Å². The second kappa shape index (κ2) is 6.14. The second-order valence-electron chi connectivity index (χ2n) is 4.43. The molecular weight excluding hydrogens is 234 g/mol. The summed E-state index contributed by atoms with van der Waals surface area (Å²) in [5, 5.41) is 20.0. The van der Waals surface area contributed by atoms with E-state index >= 15 is 0 Å². The van der Waals surface area contributed by atoms with Crippen molar-refractivity contribution in [3.63, 3.8) is 0 Å². The quantitative estimate of drug-likeness (QED) is 0.621. The van der Waals surface area contributed by atoms with Gasteiger partial charge in [0, 0.05) is 12.1 Å². The number of carboxylic acids is 1. The number of hydrogen-bond acceptors (Lipinski definition) is 3. The maximum Gasteiger partial charge on any atom is 0.311 e. The molecule has 1 N–H and O–H groups in total. The Hall–Kier alpha value is -1.91. The first kappa shape index (κ1) is 14.2. The summed E-state index contributed by atoms with van der Waals surface area (Å²) in [5.74, 6) is -1.67. The molecule has 1 aromatic carbocycles. The molecule has 0 aliphatic heterocycles. The maximum atomic E-state index is 11.3. The van der Waals surface area contributed by atoms with E-state index in [2.05, 4.69) is 0 Å². The lowest BCUT2D eigenvalue weighted by atomic mass is 9.84. The first-order chi connectivity index (χ1) is 8.47. The average molecular weight is 251 g/mol. The van der Waals surface area contributed by atoms with Crippen LogP contribution in [-0.4, -0.2) is 16.0 Å². The van der Waals surface area contributed by atoms with Crippen molar-refractivity contribution in [1.82, 2.24) is 0 Å². The lowest BCUT2D eigenvalue weighted by Crippen LogP contribution is -2.19. The topological polar surface area (TPSA) is 80.4 Å². The number of aliphatic carboxylic acids is 1. The molecule has 0 bridgehead atoms. The lowest BCUT2D eigenvalue weighted by Gasteiger charge is -2.19. The second-order valence-corrected chi connectivity index (χ2v) is 4.43. The Morgan fingerprint density at radius 3 is 2.67 bits per heavy atom. The van der Waals surface area contributed by atoms with Gasteiger partial charge in [0.05, 0.1) is 10.8 Å². The molecule has 0 aliphatic rings. The first-order valence-electron chi connectivity index (χ1n) is 5.94. The van der Waals surface area contributed by atoms with Crippen LogP contribution in [0.3, 0.4) is 0 Å². The van der Waals surface area contributed by atoms with Gasteiger partial charge in [-0.3, -0.25) is 14.9 Å². The third kappa shape index (κ3) is 3.29. The Kier molecular flexibility index (Phi) is 4.83. The third-order valence-corrected chi connectivity index (χ3v) is 3.02. The summed E-state index contributed by atoms with van der Waals surface area (Å²) in [7, 11) is 0. The van der Waals surface area contributed by atoms with Gasteiger partial charge in [-0.05, 0) is 17.9 Å². The molecule has 0 radical (unpaired) electrons. The van der Waals surface area contributed by atoms with E-state index in [4.69, 9.17) is 0 Å². The van der Waals surface area contributed by atoms with Gasteiger partial charge in [-0.2, -0.15) is 0 Å². The molecule has 0 saturated heterocycles. The molecule has 2 unspecified atom stereocenters. The van der Waals surface area contributed by atoms with E-state index in [-0.39, 0.29) is 11.6 Å². The minimum Gasteiger partial charge on any atom is -0.481 e. The van der Waals surface area contributed by atoms with Crippen LogP contribution in [0, 0.1) is 16.0 Å². The van der Waals surface area contributed by atoms with E-state index in [1.54, 1.807) is 6.07 Å². The smallest absolute Gasteiger partial charge is 0.311 e. The Balaban J connectivity index is 3.09.